The maximum atomic E-state index is 5.78. The van der Waals surface area contributed by atoms with Gasteiger partial charge in [0, 0.05) is 26.0 Å². The zero-order chi connectivity index (χ0) is 11.4. The van der Waals surface area contributed by atoms with Gasteiger partial charge in [0.25, 0.3) is 0 Å². The summed E-state index contributed by atoms with van der Waals surface area (Å²) in [7, 11) is 2.04. The molecule has 0 aliphatic carbocycles. The molecule has 90 valence electrons. The average Bonchev–Trinajstić information content (AvgIpc) is 2.91. The van der Waals surface area contributed by atoms with Crippen molar-refractivity contribution in [2.75, 3.05) is 13.2 Å². The van der Waals surface area contributed by atoms with Gasteiger partial charge in [-0.05, 0) is 25.8 Å². The molecular formula is C12H21N3O. The number of aryl methyl sites for hydroxylation is 1. The Balaban J connectivity index is 2.10. The number of hydrogen-bond donors (Lipinski definition) is 1. The SMILES string of the molecule is CCCNC(c1nccn1C)C1CCCO1. The first-order chi connectivity index (χ1) is 7.83. The normalized spacial score (nSPS) is 22.5. The molecule has 2 rings (SSSR count). The molecule has 0 radical (unpaired) electrons. The molecule has 4 nitrogen and oxygen atoms in total. The summed E-state index contributed by atoms with van der Waals surface area (Å²) >= 11 is 0. The Morgan fingerprint density at radius 3 is 3.12 bits per heavy atom. The van der Waals surface area contributed by atoms with E-state index in [1.54, 1.807) is 0 Å². The monoisotopic (exact) mass is 223 g/mol. The van der Waals surface area contributed by atoms with E-state index in [2.05, 4.69) is 21.8 Å². The van der Waals surface area contributed by atoms with Crippen LogP contribution in [0.3, 0.4) is 0 Å². The number of hydrogen-bond acceptors (Lipinski definition) is 3. The zero-order valence-electron chi connectivity index (χ0n) is 10.1. The van der Waals surface area contributed by atoms with Crippen LogP contribution in [0.25, 0.3) is 0 Å². The molecular weight excluding hydrogens is 202 g/mol. The maximum absolute atomic E-state index is 5.78. The predicted octanol–water partition coefficient (Wildman–Crippen LogP) is 1.64. The highest BCUT2D eigenvalue weighted by Crippen LogP contribution is 2.25. The lowest BCUT2D eigenvalue weighted by atomic mass is 10.1. The van der Waals surface area contributed by atoms with Gasteiger partial charge in [-0.25, -0.2) is 4.98 Å². The molecule has 1 fully saturated rings. The molecule has 1 aromatic heterocycles. The fourth-order valence-electron chi connectivity index (χ4n) is 2.23. The van der Waals surface area contributed by atoms with Crippen molar-refractivity contribution in [3.8, 4) is 0 Å². The number of imidazole rings is 1. The van der Waals surface area contributed by atoms with Gasteiger partial charge in [-0.3, -0.25) is 0 Å². The Morgan fingerprint density at radius 1 is 1.69 bits per heavy atom. The molecule has 0 spiro atoms. The molecule has 1 saturated heterocycles. The van der Waals surface area contributed by atoms with Gasteiger partial charge < -0.3 is 14.6 Å². The second-order valence-corrected chi connectivity index (χ2v) is 4.38. The summed E-state index contributed by atoms with van der Waals surface area (Å²) in [5.74, 6) is 1.08. The summed E-state index contributed by atoms with van der Waals surface area (Å²) in [5, 5.41) is 3.55. The van der Waals surface area contributed by atoms with Crippen molar-refractivity contribution in [2.45, 2.75) is 38.3 Å². The lowest BCUT2D eigenvalue weighted by Gasteiger charge is -2.23. The lowest BCUT2D eigenvalue weighted by molar-refractivity contribution is 0.0747. The van der Waals surface area contributed by atoms with Gasteiger partial charge in [-0.2, -0.15) is 0 Å². The number of nitrogens with one attached hydrogen (secondary N) is 1. The summed E-state index contributed by atoms with van der Waals surface area (Å²) in [5.41, 5.74) is 0. The standard InChI is InChI=1S/C12H21N3O/c1-3-6-13-11(10-5-4-9-16-10)12-14-7-8-15(12)2/h7-8,10-11,13H,3-6,9H2,1-2H3. The molecule has 2 atom stereocenters. The topological polar surface area (TPSA) is 39.1 Å². The minimum absolute atomic E-state index is 0.238. The summed E-state index contributed by atoms with van der Waals surface area (Å²) in [4.78, 5) is 4.43. The van der Waals surface area contributed by atoms with Crippen LogP contribution in [0.1, 0.15) is 38.1 Å². The van der Waals surface area contributed by atoms with Crippen LogP contribution >= 0.6 is 0 Å². The van der Waals surface area contributed by atoms with E-state index in [0.29, 0.717) is 0 Å². The maximum Gasteiger partial charge on any atom is 0.128 e. The van der Waals surface area contributed by atoms with E-state index in [0.717, 1.165) is 31.8 Å². The first-order valence-corrected chi connectivity index (χ1v) is 6.15. The van der Waals surface area contributed by atoms with Crippen LogP contribution in [-0.2, 0) is 11.8 Å². The van der Waals surface area contributed by atoms with Gasteiger partial charge in [-0.15, -0.1) is 0 Å². The van der Waals surface area contributed by atoms with Crippen molar-refractivity contribution >= 4 is 0 Å². The van der Waals surface area contributed by atoms with Gasteiger partial charge in [-0.1, -0.05) is 6.92 Å². The summed E-state index contributed by atoms with van der Waals surface area (Å²) < 4.78 is 7.85. The molecule has 0 amide bonds. The minimum atomic E-state index is 0.238. The third-order valence-corrected chi connectivity index (χ3v) is 3.09. The number of nitrogens with zero attached hydrogens (tertiary/aromatic N) is 2. The average molecular weight is 223 g/mol. The highest BCUT2D eigenvalue weighted by Gasteiger charge is 2.29. The van der Waals surface area contributed by atoms with Crippen LogP contribution in [0, 0.1) is 0 Å². The molecule has 1 N–H and O–H groups in total. The molecule has 0 aromatic carbocycles. The van der Waals surface area contributed by atoms with Crippen molar-refractivity contribution < 1.29 is 4.74 Å². The highest BCUT2D eigenvalue weighted by molar-refractivity contribution is 5.02. The molecule has 2 unspecified atom stereocenters. The molecule has 1 aromatic rings. The van der Waals surface area contributed by atoms with Crippen LogP contribution in [-0.4, -0.2) is 28.8 Å². The Labute approximate surface area is 97.0 Å². The number of rotatable bonds is 5. The summed E-state index contributed by atoms with van der Waals surface area (Å²) in [6, 6.07) is 0.238. The van der Waals surface area contributed by atoms with E-state index in [4.69, 9.17) is 4.74 Å². The fourth-order valence-corrected chi connectivity index (χ4v) is 2.23. The van der Waals surface area contributed by atoms with Crippen LogP contribution < -0.4 is 5.32 Å². The summed E-state index contributed by atoms with van der Waals surface area (Å²) in [6.07, 6.45) is 7.56. The second-order valence-electron chi connectivity index (χ2n) is 4.38. The second kappa shape index (κ2) is 5.46. The molecule has 0 saturated carbocycles. The van der Waals surface area contributed by atoms with Gasteiger partial charge >= 0.3 is 0 Å². The van der Waals surface area contributed by atoms with E-state index < -0.39 is 0 Å². The highest BCUT2D eigenvalue weighted by atomic mass is 16.5. The zero-order valence-corrected chi connectivity index (χ0v) is 10.1. The van der Waals surface area contributed by atoms with E-state index in [1.807, 2.05) is 19.4 Å². The van der Waals surface area contributed by atoms with Crippen molar-refractivity contribution in [3.63, 3.8) is 0 Å². The van der Waals surface area contributed by atoms with Crippen LogP contribution in [0.5, 0.6) is 0 Å². The van der Waals surface area contributed by atoms with Gasteiger partial charge in [0.1, 0.15) is 5.82 Å². The van der Waals surface area contributed by atoms with Gasteiger partial charge in [0.15, 0.2) is 0 Å². The van der Waals surface area contributed by atoms with Crippen molar-refractivity contribution in [2.24, 2.45) is 7.05 Å². The Bertz CT molecular complexity index is 318. The minimum Gasteiger partial charge on any atom is -0.376 e. The first-order valence-electron chi connectivity index (χ1n) is 6.15. The molecule has 1 aliphatic rings. The molecule has 4 heteroatoms. The van der Waals surface area contributed by atoms with Gasteiger partial charge in [0.2, 0.25) is 0 Å². The van der Waals surface area contributed by atoms with E-state index >= 15 is 0 Å². The predicted molar refractivity (Wildman–Crippen MR) is 63.2 cm³/mol. The smallest absolute Gasteiger partial charge is 0.128 e. The van der Waals surface area contributed by atoms with Crippen molar-refractivity contribution in [1.29, 1.82) is 0 Å². The largest absolute Gasteiger partial charge is 0.376 e. The van der Waals surface area contributed by atoms with Crippen LogP contribution in [0.2, 0.25) is 0 Å². The quantitative estimate of drug-likeness (QED) is 0.825. The van der Waals surface area contributed by atoms with E-state index in [9.17, 15) is 0 Å². The summed E-state index contributed by atoms with van der Waals surface area (Å²) in [6.45, 7) is 4.08. The molecule has 0 bridgehead atoms. The van der Waals surface area contributed by atoms with Crippen molar-refractivity contribution in [3.05, 3.63) is 18.2 Å². The molecule has 1 aliphatic heterocycles. The number of aromatic nitrogens is 2. The third kappa shape index (κ3) is 2.44. The van der Waals surface area contributed by atoms with Crippen molar-refractivity contribution in [1.82, 2.24) is 14.9 Å². The van der Waals surface area contributed by atoms with Crippen LogP contribution in [0.4, 0.5) is 0 Å². The first kappa shape index (κ1) is 11.6. The Kier molecular flexibility index (Phi) is 3.96. The Morgan fingerprint density at radius 2 is 2.56 bits per heavy atom. The van der Waals surface area contributed by atoms with Crippen LogP contribution in [0.15, 0.2) is 12.4 Å². The van der Waals surface area contributed by atoms with E-state index in [-0.39, 0.29) is 12.1 Å². The van der Waals surface area contributed by atoms with E-state index in [1.165, 1.54) is 6.42 Å². The van der Waals surface area contributed by atoms with Gasteiger partial charge in [0.05, 0.1) is 12.1 Å². The Hall–Kier alpha value is -0.870. The lowest BCUT2D eigenvalue weighted by Crippen LogP contribution is -2.34. The third-order valence-electron chi connectivity index (χ3n) is 3.09. The number of ether oxygens (including phenoxy) is 1. The molecule has 2 heterocycles. The fraction of sp³-hybridized carbons (Fsp3) is 0.750. The molecule has 16 heavy (non-hydrogen) atoms.